The van der Waals surface area contributed by atoms with Crippen molar-refractivity contribution in [2.45, 2.75) is 272 Å². The maximum absolute atomic E-state index is 12.9. The number of nitrogens with zero attached hydrogens (tertiary/aromatic N) is 4. The van der Waals surface area contributed by atoms with Crippen LogP contribution in [0.15, 0.2) is 0 Å². The highest BCUT2D eigenvalue weighted by molar-refractivity contribution is 8.76. The van der Waals surface area contributed by atoms with Gasteiger partial charge in [0.05, 0.1) is 50.8 Å². The number of hydrogen-bond donors (Lipinski definition) is 4. The third-order valence-electron chi connectivity index (χ3n) is 17.3. The Morgan fingerprint density at radius 2 is 0.700 bits per heavy atom. The summed E-state index contributed by atoms with van der Waals surface area (Å²) in [5.41, 5.74) is 0. The third kappa shape index (κ3) is 52.1. The smallest absolute Gasteiger partial charge is 0.305 e. The van der Waals surface area contributed by atoms with Gasteiger partial charge in [0.2, 0.25) is 0 Å². The number of hydrogen-bond acceptors (Lipinski definition) is 20. The molecule has 18 nitrogen and oxygen atoms in total. The second kappa shape index (κ2) is 58.1. The predicted octanol–water partition coefficient (Wildman–Crippen LogP) is 12.1. The molecule has 1 rings (SSSR count). The molecule has 0 aromatic heterocycles. The second-order valence-corrected chi connectivity index (χ2v) is 29.1. The van der Waals surface area contributed by atoms with Crippen LogP contribution in [0.1, 0.15) is 248 Å². The number of esters is 5. The van der Waals surface area contributed by atoms with Crippen LogP contribution in [-0.4, -0.2) is 217 Å². The number of unbranched alkanes of at least 4 members (excludes halogenated alkanes) is 9. The standard InChI is InChI=1S/C70H134N4O14S2/c1-9-60(10-2)56-87-69(82)34-23-21-30-64(77)54-74(55-65(78)31-22-24-35-70(83)88-57-61(11-3)12-4)40-27-36-68(81)86-49-45-71-41-43-72(44-42-71)46-51-90-89-50-26-25-39-73(52-62(75)28-17-13-15-19-32-66(79)84-47-37-58(5)6)53-63(76)29-18-14-16-20-33-67(80)85-48-38-59(7)8/h58-65,75-78H,9-57H2,1-8H3. The van der Waals surface area contributed by atoms with Crippen LogP contribution in [0.3, 0.4) is 0 Å². The lowest BCUT2D eigenvalue weighted by molar-refractivity contribution is -0.146. The summed E-state index contributed by atoms with van der Waals surface area (Å²) in [5.74, 6) is 2.97. The fourth-order valence-electron chi connectivity index (χ4n) is 10.8. The van der Waals surface area contributed by atoms with Crippen molar-refractivity contribution in [2.75, 3.05) is 123 Å². The molecule has 0 saturated carbocycles. The molecule has 4 N–H and O–H groups in total. The zero-order chi connectivity index (χ0) is 66.4. The maximum Gasteiger partial charge on any atom is 0.305 e. The van der Waals surface area contributed by atoms with Crippen LogP contribution >= 0.6 is 21.6 Å². The summed E-state index contributed by atoms with van der Waals surface area (Å²) >= 11 is 0. The van der Waals surface area contributed by atoms with Crippen LogP contribution in [0, 0.1) is 23.7 Å². The van der Waals surface area contributed by atoms with Crippen molar-refractivity contribution in [3.63, 3.8) is 0 Å². The minimum atomic E-state index is -0.652. The molecule has 4 atom stereocenters. The van der Waals surface area contributed by atoms with E-state index in [0.717, 1.165) is 154 Å². The van der Waals surface area contributed by atoms with Gasteiger partial charge in [0.25, 0.3) is 0 Å². The topological polar surface area (TPSA) is 225 Å². The Morgan fingerprint density at radius 1 is 0.378 bits per heavy atom. The number of carbonyl (C=O) groups excluding carboxylic acids is 5. The zero-order valence-electron chi connectivity index (χ0n) is 58.2. The van der Waals surface area contributed by atoms with Crippen molar-refractivity contribution in [1.82, 2.24) is 19.6 Å². The molecule has 0 spiro atoms. The van der Waals surface area contributed by atoms with Crippen LogP contribution < -0.4 is 0 Å². The van der Waals surface area contributed by atoms with Crippen molar-refractivity contribution >= 4 is 51.4 Å². The lowest BCUT2D eigenvalue weighted by atomic mass is 10.1. The number of piperazine rings is 1. The van der Waals surface area contributed by atoms with Crippen LogP contribution in [0.4, 0.5) is 0 Å². The number of aliphatic hydroxyl groups is 4. The van der Waals surface area contributed by atoms with Gasteiger partial charge in [0, 0.05) is 109 Å². The molecule has 0 aromatic carbocycles. The van der Waals surface area contributed by atoms with E-state index in [0.29, 0.717) is 179 Å². The van der Waals surface area contributed by atoms with Gasteiger partial charge in [0.15, 0.2) is 0 Å². The fourth-order valence-corrected chi connectivity index (χ4v) is 13.0. The van der Waals surface area contributed by atoms with Gasteiger partial charge in [-0.2, -0.15) is 0 Å². The zero-order valence-corrected chi connectivity index (χ0v) is 59.9. The molecule has 1 heterocycles. The highest BCUT2D eigenvalue weighted by Gasteiger charge is 2.21. The number of carbonyl (C=O) groups is 5. The molecule has 90 heavy (non-hydrogen) atoms. The Morgan fingerprint density at radius 3 is 1.10 bits per heavy atom. The van der Waals surface area contributed by atoms with Gasteiger partial charge >= 0.3 is 29.8 Å². The number of ether oxygens (including phenoxy) is 5. The van der Waals surface area contributed by atoms with E-state index in [4.69, 9.17) is 23.7 Å². The summed E-state index contributed by atoms with van der Waals surface area (Å²) in [7, 11) is 3.83. The molecular weight excluding hydrogens is 1180 g/mol. The van der Waals surface area contributed by atoms with Gasteiger partial charge < -0.3 is 44.1 Å². The van der Waals surface area contributed by atoms with E-state index >= 15 is 0 Å². The SMILES string of the molecule is CCC(CC)COC(=O)CCCCC(O)CN(CCCC(=O)OCCN1CCN(CCSSCCCCN(CC(O)CCCCCCC(=O)OCCC(C)C)CC(O)CCCCCCC(=O)OCCC(C)C)CC1)CC(O)CCCCC(=O)OCC(CC)CC. The summed E-state index contributed by atoms with van der Waals surface area (Å²) in [5, 5.41) is 44.2. The predicted molar refractivity (Wildman–Crippen MR) is 367 cm³/mol. The van der Waals surface area contributed by atoms with Gasteiger partial charge in [-0.3, -0.25) is 43.6 Å². The van der Waals surface area contributed by atoms with Crippen LogP contribution in [0.5, 0.6) is 0 Å². The minimum absolute atomic E-state index is 0.122. The summed E-state index contributed by atoms with van der Waals surface area (Å²) in [4.78, 5) is 70.7. The molecule has 530 valence electrons. The van der Waals surface area contributed by atoms with Crippen LogP contribution in [0.2, 0.25) is 0 Å². The first kappa shape index (κ1) is 85.7. The molecule has 1 aliphatic heterocycles. The maximum atomic E-state index is 12.9. The average molecular weight is 1320 g/mol. The van der Waals surface area contributed by atoms with Crippen molar-refractivity contribution in [3.8, 4) is 0 Å². The highest BCUT2D eigenvalue weighted by Crippen LogP contribution is 2.24. The van der Waals surface area contributed by atoms with Gasteiger partial charge in [0.1, 0.15) is 6.61 Å². The number of aliphatic hydroxyl groups excluding tert-OH is 4. The lowest BCUT2D eigenvalue weighted by Gasteiger charge is -2.34. The second-order valence-electron chi connectivity index (χ2n) is 26.4. The summed E-state index contributed by atoms with van der Waals surface area (Å²) < 4.78 is 27.3. The number of rotatable bonds is 62. The summed E-state index contributed by atoms with van der Waals surface area (Å²) in [6, 6.07) is 0. The van der Waals surface area contributed by atoms with Crippen molar-refractivity contribution in [1.29, 1.82) is 0 Å². The molecule has 1 fully saturated rings. The molecule has 0 bridgehead atoms. The molecule has 0 amide bonds. The Hall–Kier alpha value is -2.27. The van der Waals surface area contributed by atoms with E-state index in [1.807, 2.05) is 26.5 Å². The van der Waals surface area contributed by atoms with Crippen LogP contribution in [0.25, 0.3) is 0 Å². The molecule has 20 heteroatoms. The van der Waals surface area contributed by atoms with Gasteiger partial charge in [-0.05, 0) is 120 Å². The minimum Gasteiger partial charge on any atom is -0.466 e. The lowest BCUT2D eigenvalue weighted by Crippen LogP contribution is -2.47. The van der Waals surface area contributed by atoms with Gasteiger partial charge in [-0.1, -0.05) is 154 Å². The van der Waals surface area contributed by atoms with E-state index in [1.165, 1.54) is 0 Å². The van der Waals surface area contributed by atoms with E-state index < -0.39 is 24.4 Å². The van der Waals surface area contributed by atoms with Gasteiger partial charge in [-0.15, -0.1) is 0 Å². The Kier molecular flexibility index (Phi) is 55.4. The van der Waals surface area contributed by atoms with Crippen LogP contribution in [-0.2, 0) is 47.7 Å². The van der Waals surface area contributed by atoms with Crippen molar-refractivity contribution < 1.29 is 68.1 Å². The Bertz CT molecular complexity index is 1650. The van der Waals surface area contributed by atoms with E-state index in [9.17, 15) is 44.4 Å². The highest BCUT2D eigenvalue weighted by atomic mass is 33.1. The molecule has 1 aliphatic rings. The van der Waals surface area contributed by atoms with E-state index in [1.54, 1.807) is 0 Å². The molecule has 0 radical (unpaired) electrons. The van der Waals surface area contributed by atoms with E-state index in [2.05, 4.69) is 70.1 Å². The first-order valence-electron chi connectivity index (χ1n) is 36.0. The summed E-state index contributed by atoms with van der Waals surface area (Å²) in [6.07, 6.45) is 20.0. The normalized spacial score (nSPS) is 14.7. The van der Waals surface area contributed by atoms with Gasteiger partial charge in [-0.25, -0.2) is 0 Å². The summed E-state index contributed by atoms with van der Waals surface area (Å²) in [6.45, 7) is 27.7. The molecule has 1 saturated heterocycles. The first-order chi connectivity index (χ1) is 43.3. The monoisotopic (exact) mass is 1320 g/mol. The first-order valence-corrected chi connectivity index (χ1v) is 38.5. The Labute approximate surface area is 555 Å². The quantitative estimate of drug-likeness (QED) is 0.0192. The fraction of sp³-hybridized carbons (Fsp3) is 0.929. The largest absolute Gasteiger partial charge is 0.466 e. The Balaban J connectivity index is 2.48. The average Bonchev–Trinajstić information content (AvgIpc) is 3.72. The third-order valence-corrected chi connectivity index (χ3v) is 19.7. The van der Waals surface area contributed by atoms with Crippen molar-refractivity contribution in [3.05, 3.63) is 0 Å². The molecular formula is C70H134N4O14S2. The molecule has 0 aliphatic carbocycles. The van der Waals surface area contributed by atoms with Crippen molar-refractivity contribution in [2.24, 2.45) is 23.7 Å². The van der Waals surface area contributed by atoms with E-state index in [-0.39, 0.29) is 36.3 Å². The molecule has 0 aromatic rings. The molecule has 4 unspecified atom stereocenters.